The van der Waals surface area contributed by atoms with Crippen LogP contribution in [-0.4, -0.2) is 56.5 Å². The third kappa shape index (κ3) is 5.76. The molecule has 0 radical (unpaired) electrons. The monoisotopic (exact) mass is 493 g/mol. The lowest BCUT2D eigenvalue weighted by atomic mass is 10.2. The van der Waals surface area contributed by atoms with E-state index in [0.29, 0.717) is 34.9 Å². The number of carbonyl (C=O) groups excluding carboxylic acids is 1. The summed E-state index contributed by atoms with van der Waals surface area (Å²) in [6.45, 7) is 2.89. The molecule has 0 bridgehead atoms. The Labute approximate surface area is 207 Å². The van der Waals surface area contributed by atoms with Crippen LogP contribution in [0.3, 0.4) is 0 Å². The van der Waals surface area contributed by atoms with E-state index in [9.17, 15) is 4.79 Å². The number of hydrogen-bond donors (Lipinski definition) is 0. The highest BCUT2D eigenvalue weighted by Gasteiger charge is 2.19. The molecule has 1 amide bonds. The second kappa shape index (κ2) is 11.2. The first-order chi connectivity index (χ1) is 16.5. The molecule has 0 aliphatic heterocycles. The first-order valence-electron chi connectivity index (χ1n) is 10.7. The summed E-state index contributed by atoms with van der Waals surface area (Å²) in [5.41, 5.74) is 2.90. The maximum absolute atomic E-state index is 12.8. The Hall–Kier alpha value is -3.36. The fraction of sp³-hybridized carbons (Fsp3) is 0.200. The highest BCUT2D eigenvalue weighted by molar-refractivity contribution is 7.99. The van der Waals surface area contributed by atoms with E-state index in [1.807, 2.05) is 47.9 Å². The lowest BCUT2D eigenvalue weighted by Crippen LogP contribution is -2.32. The number of nitrogens with zero attached hydrogens (tertiary/aromatic N) is 5. The molecule has 0 fully saturated rings. The van der Waals surface area contributed by atoms with E-state index in [-0.39, 0.29) is 11.7 Å². The standard InChI is InChI=1S/C25H24ClN5O2S/c1-18-6-3-4-8-22(18)31-24(19-7-5-13-27-16-19)28-29-25(31)34-17-23(32)30(2)14-15-33-21-11-9-20(26)10-12-21/h3-13,16H,14-15,17H2,1-2H3. The minimum absolute atomic E-state index is 0.0213. The average molecular weight is 494 g/mol. The topological polar surface area (TPSA) is 73.1 Å². The quantitative estimate of drug-likeness (QED) is 0.308. The lowest BCUT2D eigenvalue weighted by molar-refractivity contribution is -0.127. The van der Waals surface area contributed by atoms with Crippen LogP contribution in [0.5, 0.6) is 5.75 Å². The van der Waals surface area contributed by atoms with Crippen LogP contribution < -0.4 is 4.74 Å². The molecule has 4 aromatic rings. The third-order valence-corrected chi connectivity index (χ3v) is 6.33. The van der Waals surface area contributed by atoms with Crippen LogP contribution in [-0.2, 0) is 4.79 Å². The molecule has 0 saturated heterocycles. The van der Waals surface area contributed by atoms with Crippen LogP contribution in [0.25, 0.3) is 17.1 Å². The van der Waals surface area contributed by atoms with Gasteiger partial charge in [0.2, 0.25) is 5.91 Å². The Kier molecular flexibility index (Phi) is 7.82. The second-order valence-electron chi connectivity index (χ2n) is 7.58. The molecule has 4 rings (SSSR count). The first kappa shape index (κ1) is 23.8. The van der Waals surface area contributed by atoms with E-state index in [0.717, 1.165) is 16.8 Å². The van der Waals surface area contributed by atoms with Crippen LogP contribution in [0, 0.1) is 6.92 Å². The van der Waals surface area contributed by atoms with Gasteiger partial charge >= 0.3 is 0 Å². The number of likely N-dealkylation sites (N-methyl/N-ethyl adjacent to an activating group) is 1. The third-order valence-electron chi connectivity index (χ3n) is 5.17. The average Bonchev–Trinajstić information content (AvgIpc) is 3.28. The zero-order valence-corrected chi connectivity index (χ0v) is 20.5. The second-order valence-corrected chi connectivity index (χ2v) is 8.96. The molecule has 0 aliphatic carbocycles. The number of carbonyl (C=O) groups is 1. The highest BCUT2D eigenvalue weighted by Crippen LogP contribution is 2.29. The van der Waals surface area contributed by atoms with Gasteiger partial charge in [-0.05, 0) is 55.0 Å². The number of rotatable bonds is 9. The summed E-state index contributed by atoms with van der Waals surface area (Å²) in [6, 6.07) is 19.0. The molecule has 2 aromatic heterocycles. The molecule has 0 saturated carbocycles. The molecule has 2 heterocycles. The zero-order valence-electron chi connectivity index (χ0n) is 18.9. The molecule has 7 nitrogen and oxygen atoms in total. The van der Waals surface area contributed by atoms with Crippen LogP contribution in [0.15, 0.2) is 78.2 Å². The summed E-state index contributed by atoms with van der Waals surface area (Å²) in [7, 11) is 1.77. The Morgan fingerprint density at radius 1 is 1.09 bits per heavy atom. The number of pyridine rings is 1. The number of aryl methyl sites for hydroxylation is 1. The van der Waals surface area contributed by atoms with E-state index in [2.05, 4.69) is 15.2 Å². The molecule has 0 atom stereocenters. The van der Waals surface area contributed by atoms with Crippen molar-refractivity contribution in [3.63, 3.8) is 0 Å². The fourth-order valence-electron chi connectivity index (χ4n) is 3.27. The molecule has 34 heavy (non-hydrogen) atoms. The van der Waals surface area contributed by atoms with Gasteiger partial charge in [-0.1, -0.05) is 41.6 Å². The van der Waals surface area contributed by atoms with E-state index in [4.69, 9.17) is 16.3 Å². The predicted octanol–water partition coefficient (Wildman–Crippen LogP) is 4.92. The van der Waals surface area contributed by atoms with Crippen molar-refractivity contribution in [2.75, 3.05) is 26.0 Å². The van der Waals surface area contributed by atoms with E-state index in [1.165, 1.54) is 11.8 Å². The van der Waals surface area contributed by atoms with E-state index < -0.39 is 0 Å². The molecular weight excluding hydrogens is 470 g/mol. The Morgan fingerprint density at radius 2 is 1.88 bits per heavy atom. The van der Waals surface area contributed by atoms with Gasteiger partial charge in [-0.15, -0.1) is 10.2 Å². The Bertz CT molecular complexity index is 1250. The van der Waals surface area contributed by atoms with Crippen molar-refractivity contribution >= 4 is 29.3 Å². The van der Waals surface area contributed by atoms with Crippen molar-refractivity contribution in [1.29, 1.82) is 0 Å². The predicted molar refractivity (Wildman–Crippen MR) is 135 cm³/mol. The van der Waals surface area contributed by atoms with Gasteiger partial charge in [-0.25, -0.2) is 0 Å². The number of aromatic nitrogens is 4. The van der Waals surface area contributed by atoms with Gasteiger partial charge < -0.3 is 9.64 Å². The van der Waals surface area contributed by atoms with Crippen LogP contribution >= 0.6 is 23.4 Å². The van der Waals surface area contributed by atoms with Crippen molar-refractivity contribution in [3.8, 4) is 22.8 Å². The number of thioether (sulfide) groups is 1. The summed E-state index contributed by atoms with van der Waals surface area (Å²) in [5.74, 6) is 1.61. The van der Waals surface area contributed by atoms with Crippen molar-refractivity contribution in [3.05, 3.63) is 83.6 Å². The van der Waals surface area contributed by atoms with Gasteiger partial charge in [-0.2, -0.15) is 0 Å². The maximum Gasteiger partial charge on any atom is 0.232 e. The summed E-state index contributed by atoms with van der Waals surface area (Å²) < 4.78 is 7.68. The summed E-state index contributed by atoms with van der Waals surface area (Å²) in [6.07, 6.45) is 3.48. The molecule has 0 unspecified atom stereocenters. The number of benzene rings is 2. The molecule has 0 spiro atoms. The van der Waals surface area contributed by atoms with Crippen LogP contribution in [0.2, 0.25) is 5.02 Å². The van der Waals surface area contributed by atoms with Crippen molar-refractivity contribution in [2.24, 2.45) is 0 Å². The van der Waals surface area contributed by atoms with Gasteiger partial charge in [0.25, 0.3) is 0 Å². The number of hydrogen-bond acceptors (Lipinski definition) is 6. The van der Waals surface area contributed by atoms with Crippen LogP contribution in [0.1, 0.15) is 5.56 Å². The van der Waals surface area contributed by atoms with E-state index in [1.54, 1.807) is 48.6 Å². The first-order valence-corrected chi connectivity index (χ1v) is 12.1. The number of para-hydroxylation sites is 1. The van der Waals surface area contributed by atoms with Crippen molar-refractivity contribution in [2.45, 2.75) is 12.1 Å². The summed E-state index contributed by atoms with van der Waals surface area (Å²) in [5, 5.41) is 10.1. The number of ether oxygens (including phenoxy) is 1. The normalized spacial score (nSPS) is 10.8. The Balaban J connectivity index is 1.44. The summed E-state index contributed by atoms with van der Waals surface area (Å²) >= 11 is 7.25. The molecule has 0 aliphatic rings. The molecular formula is C25H24ClN5O2S. The molecule has 174 valence electrons. The minimum Gasteiger partial charge on any atom is -0.492 e. The minimum atomic E-state index is -0.0213. The highest BCUT2D eigenvalue weighted by atomic mass is 35.5. The van der Waals surface area contributed by atoms with Gasteiger partial charge in [0.05, 0.1) is 18.0 Å². The van der Waals surface area contributed by atoms with Gasteiger partial charge in [0.15, 0.2) is 11.0 Å². The van der Waals surface area contributed by atoms with Crippen molar-refractivity contribution in [1.82, 2.24) is 24.6 Å². The lowest BCUT2D eigenvalue weighted by Gasteiger charge is -2.17. The van der Waals surface area contributed by atoms with Gasteiger partial charge in [-0.3, -0.25) is 14.3 Å². The Morgan fingerprint density at radius 3 is 2.62 bits per heavy atom. The van der Waals surface area contributed by atoms with Gasteiger partial charge in [0.1, 0.15) is 12.4 Å². The molecule has 2 aromatic carbocycles. The largest absolute Gasteiger partial charge is 0.492 e. The fourth-order valence-corrected chi connectivity index (χ4v) is 4.28. The number of halogens is 1. The van der Waals surface area contributed by atoms with Crippen LogP contribution in [0.4, 0.5) is 0 Å². The SMILES string of the molecule is Cc1ccccc1-n1c(SCC(=O)N(C)CCOc2ccc(Cl)cc2)nnc1-c1cccnc1. The van der Waals surface area contributed by atoms with Gasteiger partial charge in [0, 0.05) is 30.0 Å². The molecule has 0 N–H and O–H groups in total. The molecule has 9 heteroatoms. The van der Waals surface area contributed by atoms with Crippen molar-refractivity contribution < 1.29 is 9.53 Å². The smallest absolute Gasteiger partial charge is 0.232 e. The van der Waals surface area contributed by atoms with E-state index >= 15 is 0 Å². The maximum atomic E-state index is 12.8. The zero-order chi connectivity index (χ0) is 23.9. The number of amides is 1. The summed E-state index contributed by atoms with van der Waals surface area (Å²) in [4.78, 5) is 18.6.